The molecule has 3 N–H and O–H groups in total. The molecule has 1 aromatic carbocycles. The largest absolute Gasteiger partial charge is 0.478 e. The molecule has 0 unspecified atom stereocenters. The number of nitrogens with zero attached hydrogens (tertiary/aromatic N) is 3. The summed E-state index contributed by atoms with van der Waals surface area (Å²) in [6.07, 6.45) is 7.53. The maximum Gasteiger partial charge on any atom is 0.335 e. The lowest BCUT2D eigenvalue weighted by Gasteiger charge is -2.21. The Morgan fingerprint density at radius 2 is 1.96 bits per heavy atom. The van der Waals surface area contributed by atoms with Crippen LogP contribution < -0.4 is 10.1 Å². The average Bonchev–Trinajstić information content (AvgIpc) is 3.18. The van der Waals surface area contributed by atoms with Gasteiger partial charge in [0.15, 0.2) is 18.0 Å². The van der Waals surface area contributed by atoms with E-state index in [4.69, 9.17) is 14.6 Å². The molecule has 1 aliphatic rings. The van der Waals surface area contributed by atoms with Crippen molar-refractivity contribution < 1.29 is 19.4 Å². The molecule has 1 aliphatic carbocycles. The molecule has 4 rings (SSSR count). The number of benzene rings is 1. The molecule has 2 aromatic heterocycles. The van der Waals surface area contributed by atoms with Gasteiger partial charge in [0.05, 0.1) is 18.0 Å². The van der Waals surface area contributed by atoms with Crippen LogP contribution in [0, 0.1) is 0 Å². The van der Waals surface area contributed by atoms with Crippen LogP contribution in [0.25, 0.3) is 11.2 Å². The number of hydrogen-bond acceptors (Lipinski definition) is 7. The Bertz CT molecular complexity index is 951. The second-order valence-corrected chi connectivity index (χ2v) is 6.65. The molecule has 3 aromatic rings. The number of aromatic carboxylic acids is 1. The van der Waals surface area contributed by atoms with Gasteiger partial charge in [0.25, 0.3) is 0 Å². The summed E-state index contributed by atoms with van der Waals surface area (Å²) in [4.78, 5) is 26.9. The first-order valence-electron chi connectivity index (χ1n) is 9.25. The number of aromatic nitrogens is 4. The number of rotatable bonds is 7. The monoisotopic (exact) mass is 383 g/mol. The summed E-state index contributed by atoms with van der Waals surface area (Å²) in [7, 11) is 0. The minimum absolute atomic E-state index is 0.108. The van der Waals surface area contributed by atoms with Crippen LogP contribution in [0.15, 0.2) is 30.6 Å². The Morgan fingerprint density at radius 3 is 2.71 bits per heavy atom. The van der Waals surface area contributed by atoms with Gasteiger partial charge in [0, 0.05) is 5.69 Å². The highest BCUT2D eigenvalue weighted by Gasteiger charge is 2.16. The van der Waals surface area contributed by atoms with Crippen molar-refractivity contribution in [1.29, 1.82) is 0 Å². The number of fused-ring (bicyclic) bond motifs is 1. The van der Waals surface area contributed by atoms with Crippen LogP contribution in [-0.2, 0) is 4.74 Å². The number of carboxylic acids is 1. The van der Waals surface area contributed by atoms with E-state index in [1.54, 1.807) is 12.1 Å². The zero-order chi connectivity index (χ0) is 19.3. The molecule has 1 saturated carbocycles. The Balaban J connectivity index is 1.47. The highest BCUT2D eigenvalue weighted by molar-refractivity contribution is 5.88. The summed E-state index contributed by atoms with van der Waals surface area (Å²) >= 11 is 0. The smallest absolute Gasteiger partial charge is 0.335 e. The molecule has 1 fully saturated rings. The van der Waals surface area contributed by atoms with Crippen molar-refractivity contribution in [3.05, 3.63) is 36.2 Å². The molecule has 0 spiro atoms. The first kappa shape index (κ1) is 18.2. The van der Waals surface area contributed by atoms with Gasteiger partial charge in [-0.15, -0.1) is 0 Å². The number of carboxylic acid groups (broad SMARTS) is 1. The van der Waals surface area contributed by atoms with Crippen molar-refractivity contribution in [3.8, 4) is 5.88 Å². The van der Waals surface area contributed by atoms with Gasteiger partial charge in [-0.05, 0) is 37.1 Å². The van der Waals surface area contributed by atoms with E-state index in [-0.39, 0.29) is 18.5 Å². The molecule has 9 heteroatoms. The van der Waals surface area contributed by atoms with E-state index in [0.717, 1.165) is 12.8 Å². The van der Waals surface area contributed by atoms with Gasteiger partial charge < -0.3 is 24.9 Å². The number of carbonyl (C=O) groups is 1. The number of aromatic amines is 1. The van der Waals surface area contributed by atoms with Gasteiger partial charge >= 0.3 is 5.97 Å². The summed E-state index contributed by atoms with van der Waals surface area (Å²) < 4.78 is 11.5. The highest BCUT2D eigenvalue weighted by atomic mass is 16.7. The third-order valence-corrected chi connectivity index (χ3v) is 4.69. The molecule has 0 atom stereocenters. The quantitative estimate of drug-likeness (QED) is 0.530. The number of ether oxygens (including phenoxy) is 2. The van der Waals surface area contributed by atoms with Gasteiger partial charge in [-0.25, -0.2) is 9.78 Å². The Kier molecular flexibility index (Phi) is 5.34. The van der Waals surface area contributed by atoms with Gasteiger partial charge in [0.1, 0.15) is 0 Å². The summed E-state index contributed by atoms with van der Waals surface area (Å²) in [6, 6.07) is 6.32. The second-order valence-electron chi connectivity index (χ2n) is 6.65. The van der Waals surface area contributed by atoms with Crippen molar-refractivity contribution in [2.24, 2.45) is 0 Å². The minimum Gasteiger partial charge on any atom is -0.478 e. The molecular formula is C19H21N5O4. The predicted octanol–water partition coefficient (Wildman–Crippen LogP) is 3.48. The number of imidazole rings is 1. The van der Waals surface area contributed by atoms with E-state index in [9.17, 15) is 4.79 Å². The molecule has 28 heavy (non-hydrogen) atoms. The maximum absolute atomic E-state index is 11.0. The van der Waals surface area contributed by atoms with Crippen LogP contribution in [-0.4, -0.2) is 43.9 Å². The predicted molar refractivity (Wildman–Crippen MR) is 102 cm³/mol. The van der Waals surface area contributed by atoms with Crippen LogP contribution in [0.5, 0.6) is 5.88 Å². The molecule has 0 aliphatic heterocycles. The van der Waals surface area contributed by atoms with Crippen LogP contribution in [0.4, 0.5) is 11.6 Å². The van der Waals surface area contributed by atoms with Crippen molar-refractivity contribution >= 4 is 28.8 Å². The van der Waals surface area contributed by atoms with E-state index in [0.29, 0.717) is 28.7 Å². The van der Waals surface area contributed by atoms with E-state index < -0.39 is 5.97 Å². The maximum atomic E-state index is 11.0. The van der Waals surface area contributed by atoms with Crippen molar-refractivity contribution in [2.45, 2.75) is 38.2 Å². The van der Waals surface area contributed by atoms with Gasteiger partial charge in [-0.2, -0.15) is 9.97 Å². The van der Waals surface area contributed by atoms with Gasteiger partial charge in [0.2, 0.25) is 11.8 Å². The van der Waals surface area contributed by atoms with E-state index in [1.165, 1.54) is 37.7 Å². The first-order chi connectivity index (χ1) is 13.7. The third kappa shape index (κ3) is 4.20. The van der Waals surface area contributed by atoms with Crippen molar-refractivity contribution in [2.75, 3.05) is 12.1 Å². The van der Waals surface area contributed by atoms with Crippen molar-refractivity contribution in [3.63, 3.8) is 0 Å². The van der Waals surface area contributed by atoms with Crippen LogP contribution in [0.1, 0.15) is 42.5 Å². The van der Waals surface area contributed by atoms with E-state index in [1.807, 2.05) is 0 Å². The first-order valence-corrected chi connectivity index (χ1v) is 9.25. The lowest BCUT2D eigenvalue weighted by atomic mass is 9.98. The number of H-pyrrole nitrogens is 1. The molecule has 9 nitrogen and oxygen atoms in total. The lowest BCUT2D eigenvalue weighted by Crippen LogP contribution is -2.19. The summed E-state index contributed by atoms with van der Waals surface area (Å²) in [5, 5.41) is 12.0. The van der Waals surface area contributed by atoms with E-state index in [2.05, 4.69) is 25.3 Å². The number of nitrogens with one attached hydrogen (secondary N) is 2. The zero-order valence-electron chi connectivity index (χ0n) is 15.2. The topological polar surface area (TPSA) is 122 Å². The van der Waals surface area contributed by atoms with Crippen molar-refractivity contribution in [1.82, 2.24) is 19.9 Å². The Morgan fingerprint density at radius 1 is 1.18 bits per heavy atom. The molecular weight excluding hydrogens is 362 g/mol. The highest BCUT2D eigenvalue weighted by Crippen LogP contribution is 2.24. The van der Waals surface area contributed by atoms with Crippen LogP contribution in [0.3, 0.4) is 0 Å². The van der Waals surface area contributed by atoms with E-state index >= 15 is 0 Å². The average molecular weight is 383 g/mol. The molecule has 0 bridgehead atoms. The van der Waals surface area contributed by atoms with Crippen LogP contribution in [0.2, 0.25) is 0 Å². The molecule has 0 amide bonds. The Hall–Kier alpha value is -3.20. The van der Waals surface area contributed by atoms with Gasteiger partial charge in [-0.1, -0.05) is 19.3 Å². The fourth-order valence-electron chi connectivity index (χ4n) is 3.21. The summed E-state index contributed by atoms with van der Waals surface area (Å²) in [5.41, 5.74) is 1.93. The number of anilines is 2. The Labute approximate surface area is 161 Å². The molecule has 146 valence electrons. The fourth-order valence-corrected chi connectivity index (χ4v) is 3.21. The number of hydrogen-bond donors (Lipinski definition) is 3. The van der Waals surface area contributed by atoms with Crippen LogP contribution >= 0.6 is 0 Å². The lowest BCUT2D eigenvalue weighted by molar-refractivity contribution is -0.0507. The fraction of sp³-hybridized carbons (Fsp3) is 0.368. The second kappa shape index (κ2) is 8.22. The third-order valence-electron chi connectivity index (χ3n) is 4.69. The molecule has 0 radical (unpaired) electrons. The summed E-state index contributed by atoms with van der Waals surface area (Å²) in [5.74, 6) is -0.338. The normalized spacial score (nSPS) is 14.9. The minimum atomic E-state index is -0.977. The summed E-state index contributed by atoms with van der Waals surface area (Å²) in [6.45, 7) is 0.108. The zero-order valence-corrected chi connectivity index (χ0v) is 15.2. The standard InChI is InChI=1S/C19H21N5O4/c25-18(26)12-6-8-13(9-7-12)22-19-23-16-15(20-10-21-16)17(24-19)28-11-27-14-4-2-1-3-5-14/h6-10,14H,1-5,11H2,(H,25,26)(H2,20,21,22,23,24). The SMILES string of the molecule is O=C(O)c1ccc(Nc2nc(OCOC3CCCCC3)c3nc[nH]c3n2)cc1. The van der Waals surface area contributed by atoms with Gasteiger partial charge in [-0.3, -0.25) is 0 Å². The molecule has 0 saturated heterocycles. The molecule has 2 heterocycles.